The third kappa shape index (κ3) is 2.57. The Hall–Kier alpha value is -1.73. The Kier molecular flexibility index (Phi) is 3.73. The molecule has 0 spiro atoms. The van der Waals surface area contributed by atoms with Crippen LogP contribution < -0.4 is 4.90 Å². The summed E-state index contributed by atoms with van der Waals surface area (Å²) in [4.78, 5) is 12.6. The summed E-state index contributed by atoms with van der Waals surface area (Å²) in [7, 11) is 0. The molecule has 2 heterocycles. The lowest BCUT2D eigenvalue weighted by Crippen LogP contribution is -2.50. The van der Waals surface area contributed by atoms with E-state index in [-0.39, 0.29) is 24.4 Å². The Balaban J connectivity index is 2.16. The zero-order chi connectivity index (χ0) is 13.1. The molecule has 1 aliphatic rings. The summed E-state index contributed by atoms with van der Waals surface area (Å²) in [6.45, 7) is 2.93. The van der Waals surface area contributed by atoms with Gasteiger partial charge < -0.3 is 19.8 Å². The predicted octanol–water partition coefficient (Wildman–Crippen LogP) is -0.239. The molecule has 0 aliphatic carbocycles. The SMILES string of the molecule is CC1COC(CO)CN1c1ccc(C(=O)O)nn1. The van der Waals surface area contributed by atoms with Crippen molar-refractivity contribution < 1.29 is 19.7 Å². The lowest BCUT2D eigenvalue weighted by Gasteiger charge is -2.37. The molecule has 0 aromatic carbocycles. The number of morpholine rings is 1. The largest absolute Gasteiger partial charge is 0.476 e. The van der Waals surface area contributed by atoms with Gasteiger partial charge in [0.05, 0.1) is 25.4 Å². The molecule has 7 heteroatoms. The number of carboxylic acids is 1. The minimum atomic E-state index is -1.10. The second-order valence-corrected chi connectivity index (χ2v) is 4.22. The molecule has 0 amide bonds. The van der Waals surface area contributed by atoms with Gasteiger partial charge in [-0.3, -0.25) is 0 Å². The molecule has 0 saturated carbocycles. The third-order valence-corrected chi connectivity index (χ3v) is 2.87. The van der Waals surface area contributed by atoms with Crippen LogP contribution in [0.1, 0.15) is 17.4 Å². The number of aliphatic hydroxyl groups is 1. The number of aliphatic hydroxyl groups excluding tert-OH is 1. The number of ether oxygens (including phenoxy) is 1. The fourth-order valence-electron chi connectivity index (χ4n) is 1.84. The molecule has 1 fully saturated rings. The van der Waals surface area contributed by atoms with Crippen LogP contribution in [0, 0.1) is 0 Å². The van der Waals surface area contributed by atoms with E-state index in [0.29, 0.717) is 19.0 Å². The van der Waals surface area contributed by atoms with Crippen LogP contribution in [-0.2, 0) is 4.74 Å². The van der Waals surface area contributed by atoms with Gasteiger partial charge in [0.15, 0.2) is 11.5 Å². The van der Waals surface area contributed by atoms with E-state index < -0.39 is 5.97 Å². The van der Waals surface area contributed by atoms with Gasteiger partial charge in [0, 0.05) is 6.54 Å². The first kappa shape index (κ1) is 12.7. The highest BCUT2D eigenvalue weighted by molar-refractivity contribution is 5.85. The van der Waals surface area contributed by atoms with Crippen molar-refractivity contribution in [2.75, 3.05) is 24.7 Å². The summed E-state index contributed by atoms with van der Waals surface area (Å²) in [6.07, 6.45) is -0.248. The summed E-state index contributed by atoms with van der Waals surface area (Å²) < 4.78 is 5.42. The highest BCUT2D eigenvalue weighted by Crippen LogP contribution is 2.18. The molecular formula is C11H15N3O4. The van der Waals surface area contributed by atoms with Gasteiger partial charge in [0.1, 0.15) is 0 Å². The quantitative estimate of drug-likeness (QED) is 0.767. The van der Waals surface area contributed by atoms with Crippen LogP contribution in [0.5, 0.6) is 0 Å². The minimum Gasteiger partial charge on any atom is -0.476 e. The lowest BCUT2D eigenvalue weighted by molar-refractivity contribution is -0.0106. The predicted molar refractivity (Wildman–Crippen MR) is 62.6 cm³/mol. The highest BCUT2D eigenvalue weighted by Gasteiger charge is 2.26. The Labute approximate surface area is 104 Å². The summed E-state index contributed by atoms with van der Waals surface area (Å²) >= 11 is 0. The van der Waals surface area contributed by atoms with Crippen LogP contribution >= 0.6 is 0 Å². The van der Waals surface area contributed by atoms with E-state index in [1.807, 2.05) is 11.8 Å². The maximum absolute atomic E-state index is 10.7. The van der Waals surface area contributed by atoms with Crippen molar-refractivity contribution in [2.45, 2.75) is 19.1 Å². The molecule has 1 aromatic heterocycles. The molecule has 2 N–H and O–H groups in total. The molecule has 18 heavy (non-hydrogen) atoms. The summed E-state index contributed by atoms with van der Waals surface area (Å²) in [5.74, 6) is -0.508. The van der Waals surface area contributed by atoms with Crippen molar-refractivity contribution in [1.29, 1.82) is 0 Å². The fraction of sp³-hybridized carbons (Fsp3) is 0.545. The second kappa shape index (κ2) is 5.28. The lowest BCUT2D eigenvalue weighted by atomic mass is 10.2. The van der Waals surface area contributed by atoms with Crippen LogP contribution in [0.2, 0.25) is 0 Å². The van der Waals surface area contributed by atoms with Crippen LogP contribution in [-0.4, -0.2) is 58.3 Å². The smallest absolute Gasteiger partial charge is 0.356 e. The number of aromatic carboxylic acids is 1. The maximum Gasteiger partial charge on any atom is 0.356 e. The van der Waals surface area contributed by atoms with E-state index in [0.717, 1.165) is 0 Å². The molecule has 98 valence electrons. The van der Waals surface area contributed by atoms with Crippen LogP contribution in [0.4, 0.5) is 5.82 Å². The Morgan fingerprint density at radius 3 is 2.89 bits per heavy atom. The molecular weight excluding hydrogens is 238 g/mol. The second-order valence-electron chi connectivity index (χ2n) is 4.22. The average molecular weight is 253 g/mol. The first-order valence-corrected chi connectivity index (χ1v) is 5.68. The van der Waals surface area contributed by atoms with Crippen LogP contribution in [0.15, 0.2) is 12.1 Å². The van der Waals surface area contributed by atoms with Gasteiger partial charge in [0.25, 0.3) is 0 Å². The van der Waals surface area contributed by atoms with E-state index in [1.165, 1.54) is 6.07 Å². The Morgan fingerprint density at radius 1 is 1.56 bits per heavy atom. The average Bonchev–Trinajstić information content (AvgIpc) is 2.39. The molecule has 0 bridgehead atoms. The number of nitrogens with zero attached hydrogens (tertiary/aromatic N) is 3. The van der Waals surface area contributed by atoms with E-state index in [4.69, 9.17) is 14.9 Å². The molecule has 1 saturated heterocycles. The number of carbonyl (C=O) groups is 1. The zero-order valence-corrected chi connectivity index (χ0v) is 9.98. The number of rotatable bonds is 3. The van der Waals surface area contributed by atoms with Gasteiger partial charge >= 0.3 is 5.97 Å². The van der Waals surface area contributed by atoms with Gasteiger partial charge in [-0.2, -0.15) is 0 Å². The van der Waals surface area contributed by atoms with E-state index in [1.54, 1.807) is 6.07 Å². The molecule has 2 rings (SSSR count). The highest BCUT2D eigenvalue weighted by atomic mass is 16.5. The molecule has 0 radical (unpaired) electrons. The first-order valence-electron chi connectivity index (χ1n) is 5.68. The van der Waals surface area contributed by atoms with Crippen molar-refractivity contribution in [2.24, 2.45) is 0 Å². The summed E-state index contributed by atoms with van der Waals surface area (Å²) in [5, 5.41) is 25.4. The monoisotopic (exact) mass is 253 g/mol. The van der Waals surface area contributed by atoms with E-state index in [2.05, 4.69) is 10.2 Å². The van der Waals surface area contributed by atoms with Gasteiger partial charge in [-0.1, -0.05) is 0 Å². The number of hydrogen-bond donors (Lipinski definition) is 2. The summed E-state index contributed by atoms with van der Waals surface area (Å²) in [5.41, 5.74) is -0.0848. The first-order chi connectivity index (χ1) is 8.61. The molecule has 2 atom stereocenters. The standard InChI is InChI=1S/C11H15N3O4/c1-7-6-18-8(5-15)4-14(7)10-3-2-9(11(16)17)12-13-10/h2-3,7-8,15H,4-6H2,1H3,(H,16,17). The van der Waals surface area contributed by atoms with Crippen molar-refractivity contribution >= 4 is 11.8 Å². The van der Waals surface area contributed by atoms with Gasteiger partial charge in [-0.25, -0.2) is 4.79 Å². The van der Waals surface area contributed by atoms with Crippen molar-refractivity contribution in [3.8, 4) is 0 Å². The van der Waals surface area contributed by atoms with Crippen molar-refractivity contribution in [1.82, 2.24) is 10.2 Å². The topological polar surface area (TPSA) is 95.8 Å². The van der Waals surface area contributed by atoms with Gasteiger partial charge in [-0.05, 0) is 19.1 Å². The number of carboxylic acid groups (broad SMARTS) is 1. The normalized spacial score (nSPS) is 24.0. The zero-order valence-electron chi connectivity index (χ0n) is 9.98. The van der Waals surface area contributed by atoms with E-state index in [9.17, 15) is 4.79 Å². The van der Waals surface area contributed by atoms with Gasteiger partial charge in [0.2, 0.25) is 0 Å². The summed E-state index contributed by atoms with van der Waals surface area (Å²) in [6, 6.07) is 3.14. The fourth-order valence-corrected chi connectivity index (χ4v) is 1.84. The Morgan fingerprint density at radius 2 is 2.33 bits per heavy atom. The van der Waals surface area contributed by atoms with Gasteiger partial charge in [-0.15, -0.1) is 10.2 Å². The number of aromatic nitrogens is 2. The minimum absolute atomic E-state index is 0.0517. The van der Waals surface area contributed by atoms with Crippen molar-refractivity contribution in [3.05, 3.63) is 17.8 Å². The third-order valence-electron chi connectivity index (χ3n) is 2.87. The molecule has 2 unspecified atom stereocenters. The molecule has 1 aliphatic heterocycles. The molecule has 7 nitrogen and oxygen atoms in total. The maximum atomic E-state index is 10.7. The van der Waals surface area contributed by atoms with Crippen LogP contribution in [0.3, 0.4) is 0 Å². The van der Waals surface area contributed by atoms with Crippen LogP contribution in [0.25, 0.3) is 0 Å². The number of anilines is 1. The van der Waals surface area contributed by atoms with E-state index >= 15 is 0 Å². The number of hydrogen-bond acceptors (Lipinski definition) is 6. The molecule has 1 aromatic rings. The Bertz CT molecular complexity index is 423. The van der Waals surface area contributed by atoms with Crippen molar-refractivity contribution in [3.63, 3.8) is 0 Å².